The Morgan fingerprint density at radius 1 is 1.32 bits per heavy atom. The second kappa shape index (κ2) is 5.85. The quantitative estimate of drug-likeness (QED) is 0.869. The van der Waals surface area contributed by atoms with Gasteiger partial charge in [-0.2, -0.15) is 5.26 Å². The second-order valence-electron chi connectivity index (χ2n) is 3.46. The molecule has 1 heterocycles. The molecular weight excluding hydrogens is 266 g/mol. The zero-order chi connectivity index (χ0) is 13.7. The maximum absolute atomic E-state index is 9.64. The number of aromatic hydroxyl groups is 1. The molecule has 0 saturated carbocycles. The minimum Gasteiger partial charge on any atom is -0.503 e. The first kappa shape index (κ1) is 12.9. The Morgan fingerprint density at radius 2 is 2.11 bits per heavy atom. The highest BCUT2D eigenvalue weighted by Gasteiger charge is 2.09. The van der Waals surface area contributed by atoms with Gasteiger partial charge in [0.15, 0.2) is 10.9 Å². The molecule has 1 aromatic heterocycles. The van der Waals surface area contributed by atoms with Gasteiger partial charge in [-0.05, 0) is 12.1 Å². The van der Waals surface area contributed by atoms with E-state index in [1.54, 1.807) is 30.3 Å². The van der Waals surface area contributed by atoms with Crippen LogP contribution in [0.1, 0.15) is 5.56 Å². The molecule has 2 aromatic rings. The van der Waals surface area contributed by atoms with Gasteiger partial charge in [-0.25, -0.2) is 0 Å². The zero-order valence-corrected chi connectivity index (χ0v) is 10.4. The molecule has 1 aromatic carbocycles. The van der Waals surface area contributed by atoms with E-state index in [1.807, 2.05) is 6.07 Å². The van der Waals surface area contributed by atoms with Gasteiger partial charge in [-0.15, -0.1) is 10.2 Å². The van der Waals surface area contributed by atoms with Crippen molar-refractivity contribution in [2.24, 2.45) is 0 Å². The Labute approximate surface area is 114 Å². The molecular formula is C13H8ClN3O2. The summed E-state index contributed by atoms with van der Waals surface area (Å²) in [4.78, 5) is 0. The van der Waals surface area contributed by atoms with Crippen LogP contribution in [0, 0.1) is 11.3 Å². The predicted molar refractivity (Wildman–Crippen MR) is 69.9 cm³/mol. The summed E-state index contributed by atoms with van der Waals surface area (Å²) in [5, 5.41) is 25.5. The first-order valence-electron chi connectivity index (χ1n) is 5.26. The molecule has 0 radical (unpaired) electrons. The fourth-order valence-corrected chi connectivity index (χ4v) is 1.50. The highest BCUT2D eigenvalue weighted by Crippen LogP contribution is 2.31. The number of ether oxygens (including phenoxy) is 1. The molecule has 0 aliphatic heterocycles. The number of halogens is 1. The largest absolute Gasteiger partial charge is 0.503 e. The lowest BCUT2D eigenvalue weighted by atomic mass is 10.2. The number of hydrogen-bond donors (Lipinski definition) is 1. The fourth-order valence-electron chi connectivity index (χ4n) is 1.36. The van der Waals surface area contributed by atoms with Crippen molar-refractivity contribution in [3.8, 4) is 23.4 Å². The predicted octanol–water partition coefficient (Wildman–Crippen LogP) is 3.16. The third kappa shape index (κ3) is 3.21. The maximum Gasteiger partial charge on any atom is 0.281 e. The van der Waals surface area contributed by atoms with Crippen molar-refractivity contribution < 1.29 is 9.84 Å². The lowest BCUT2D eigenvalue weighted by Gasteiger charge is -2.08. The van der Waals surface area contributed by atoms with Crippen molar-refractivity contribution in [2.75, 3.05) is 0 Å². The molecule has 94 valence electrons. The van der Waals surface area contributed by atoms with Gasteiger partial charge in [0.05, 0.1) is 6.07 Å². The molecule has 19 heavy (non-hydrogen) atoms. The summed E-state index contributed by atoms with van der Waals surface area (Å²) in [5.41, 5.74) is 0.681. The van der Waals surface area contributed by atoms with Crippen LogP contribution >= 0.6 is 11.6 Å². The first-order chi connectivity index (χ1) is 9.20. The summed E-state index contributed by atoms with van der Waals surface area (Å²) >= 11 is 5.58. The molecule has 0 spiro atoms. The van der Waals surface area contributed by atoms with Crippen LogP contribution in [-0.4, -0.2) is 15.3 Å². The highest BCUT2D eigenvalue weighted by atomic mass is 35.5. The minimum atomic E-state index is -0.209. The van der Waals surface area contributed by atoms with E-state index < -0.39 is 0 Å². The third-order valence-corrected chi connectivity index (χ3v) is 2.36. The van der Waals surface area contributed by atoms with Crippen molar-refractivity contribution in [1.82, 2.24) is 10.2 Å². The fraction of sp³-hybridized carbons (Fsp3) is 0. The number of rotatable bonds is 3. The minimum absolute atomic E-state index is 0.0535. The molecule has 0 bridgehead atoms. The molecule has 2 rings (SSSR count). The number of benzene rings is 1. The Bertz CT molecular complexity index is 665. The molecule has 0 aliphatic carbocycles. The van der Waals surface area contributed by atoms with Crippen LogP contribution in [0.25, 0.3) is 6.08 Å². The number of allylic oxidation sites excluding steroid dienone is 1. The molecule has 0 unspecified atom stereocenters. The lowest BCUT2D eigenvalue weighted by Crippen LogP contribution is -1.93. The van der Waals surface area contributed by atoms with Crippen molar-refractivity contribution in [3.05, 3.63) is 47.1 Å². The third-order valence-electron chi connectivity index (χ3n) is 2.17. The van der Waals surface area contributed by atoms with Gasteiger partial charge in [-0.3, -0.25) is 0 Å². The van der Waals surface area contributed by atoms with Gasteiger partial charge < -0.3 is 9.84 Å². The summed E-state index contributed by atoms with van der Waals surface area (Å²) in [6.07, 6.45) is 2.92. The standard InChI is InChI=1S/C13H8ClN3O2/c14-12-8-10(18)13(17-16-12)19-11-6-2-1-4-9(11)5-3-7-15/h1-6,8H,(H,16,18)/b5-3+. The molecule has 0 amide bonds. The Balaban J connectivity index is 2.33. The number of para-hydroxylation sites is 1. The van der Waals surface area contributed by atoms with Crippen LogP contribution in [0.2, 0.25) is 5.15 Å². The van der Waals surface area contributed by atoms with Crippen LogP contribution in [0.3, 0.4) is 0 Å². The highest BCUT2D eigenvalue weighted by molar-refractivity contribution is 6.29. The summed E-state index contributed by atoms with van der Waals surface area (Å²) in [5.74, 6) is 0.183. The average molecular weight is 274 g/mol. The molecule has 6 heteroatoms. The van der Waals surface area contributed by atoms with E-state index in [0.29, 0.717) is 11.3 Å². The monoisotopic (exact) mass is 273 g/mol. The van der Waals surface area contributed by atoms with Crippen molar-refractivity contribution in [2.45, 2.75) is 0 Å². The van der Waals surface area contributed by atoms with Gasteiger partial charge in [0.2, 0.25) is 0 Å². The van der Waals surface area contributed by atoms with E-state index in [4.69, 9.17) is 21.6 Å². The Morgan fingerprint density at radius 3 is 2.84 bits per heavy atom. The van der Waals surface area contributed by atoms with Crippen molar-refractivity contribution >= 4 is 17.7 Å². The van der Waals surface area contributed by atoms with Crippen LogP contribution in [0.4, 0.5) is 0 Å². The SMILES string of the molecule is N#C/C=C/c1ccccc1Oc1nnc(Cl)cc1O. The van der Waals surface area contributed by atoms with Crippen molar-refractivity contribution in [3.63, 3.8) is 0 Å². The molecule has 0 atom stereocenters. The Hall–Kier alpha value is -2.58. The smallest absolute Gasteiger partial charge is 0.281 e. The van der Waals surface area contributed by atoms with Crippen LogP contribution in [0.5, 0.6) is 17.4 Å². The van der Waals surface area contributed by atoms with E-state index in [2.05, 4.69) is 10.2 Å². The summed E-state index contributed by atoms with van der Waals surface area (Å²) in [6.45, 7) is 0. The molecule has 1 N–H and O–H groups in total. The van der Waals surface area contributed by atoms with Gasteiger partial charge in [0.1, 0.15) is 5.75 Å². The molecule has 0 fully saturated rings. The zero-order valence-electron chi connectivity index (χ0n) is 9.62. The van der Waals surface area contributed by atoms with Crippen LogP contribution < -0.4 is 4.74 Å². The summed E-state index contributed by atoms with van der Waals surface area (Å²) in [7, 11) is 0. The number of nitriles is 1. The van der Waals surface area contributed by atoms with Gasteiger partial charge >= 0.3 is 0 Å². The van der Waals surface area contributed by atoms with Crippen LogP contribution in [0.15, 0.2) is 36.4 Å². The maximum atomic E-state index is 9.64. The molecule has 5 nitrogen and oxygen atoms in total. The summed E-state index contributed by atoms with van der Waals surface area (Å²) in [6, 6.07) is 10.1. The van der Waals surface area contributed by atoms with E-state index in [9.17, 15) is 5.11 Å². The van der Waals surface area contributed by atoms with Gasteiger partial charge in [0, 0.05) is 17.7 Å². The first-order valence-corrected chi connectivity index (χ1v) is 5.64. The normalized spacial score (nSPS) is 10.3. The lowest BCUT2D eigenvalue weighted by molar-refractivity contribution is 0.391. The summed E-state index contributed by atoms with van der Waals surface area (Å²) < 4.78 is 5.45. The van der Waals surface area contributed by atoms with Crippen LogP contribution in [-0.2, 0) is 0 Å². The second-order valence-corrected chi connectivity index (χ2v) is 3.85. The number of aromatic nitrogens is 2. The van der Waals surface area contributed by atoms with Crippen molar-refractivity contribution in [1.29, 1.82) is 5.26 Å². The number of hydrogen-bond acceptors (Lipinski definition) is 5. The Kier molecular flexibility index (Phi) is 3.96. The topological polar surface area (TPSA) is 79.0 Å². The molecule has 0 aliphatic rings. The van der Waals surface area contributed by atoms with E-state index in [-0.39, 0.29) is 16.8 Å². The van der Waals surface area contributed by atoms with E-state index >= 15 is 0 Å². The van der Waals surface area contributed by atoms with E-state index in [0.717, 1.165) is 0 Å². The van der Waals surface area contributed by atoms with E-state index in [1.165, 1.54) is 12.1 Å². The van der Waals surface area contributed by atoms with Gasteiger partial charge in [0.25, 0.3) is 5.88 Å². The number of nitrogens with zero attached hydrogens (tertiary/aromatic N) is 3. The average Bonchev–Trinajstić information content (AvgIpc) is 2.41. The molecule has 0 saturated heterocycles. The van der Waals surface area contributed by atoms with Gasteiger partial charge in [-0.1, -0.05) is 29.8 Å².